The van der Waals surface area contributed by atoms with Gasteiger partial charge in [0.2, 0.25) is 0 Å². The van der Waals surface area contributed by atoms with Gasteiger partial charge in [-0.05, 0) is 45.8 Å². The van der Waals surface area contributed by atoms with Crippen molar-refractivity contribution < 1.29 is 14.6 Å². The van der Waals surface area contributed by atoms with Crippen LogP contribution in [0.4, 0.5) is 0 Å². The Balaban J connectivity index is 2.30. The van der Waals surface area contributed by atoms with Crippen molar-refractivity contribution >= 4 is 15.9 Å². The molecule has 1 heterocycles. The second kappa shape index (κ2) is 6.72. The molecule has 20 heavy (non-hydrogen) atoms. The maximum atomic E-state index is 10.4. The van der Waals surface area contributed by atoms with Crippen LogP contribution < -0.4 is 9.47 Å². The SMILES string of the molecule is COc1ccc(C(O)Cc2ccncc2)c(OC)c1Br. The van der Waals surface area contributed by atoms with Crippen molar-refractivity contribution in [3.05, 3.63) is 52.3 Å². The second-order valence-electron chi connectivity index (χ2n) is 4.28. The number of pyridine rings is 1. The number of aliphatic hydroxyl groups excluding tert-OH is 1. The van der Waals surface area contributed by atoms with Crippen LogP contribution in [0.3, 0.4) is 0 Å². The van der Waals surface area contributed by atoms with Gasteiger partial charge in [0.15, 0.2) is 0 Å². The topological polar surface area (TPSA) is 51.6 Å². The Morgan fingerprint density at radius 2 is 1.85 bits per heavy atom. The summed E-state index contributed by atoms with van der Waals surface area (Å²) in [7, 11) is 3.16. The summed E-state index contributed by atoms with van der Waals surface area (Å²) in [5, 5.41) is 10.4. The van der Waals surface area contributed by atoms with E-state index in [-0.39, 0.29) is 0 Å². The normalized spacial score (nSPS) is 12.0. The summed E-state index contributed by atoms with van der Waals surface area (Å²) >= 11 is 3.44. The number of aromatic nitrogens is 1. The lowest BCUT2D eigenvalue weighted by Gasteiger charge is -2.17. The molecule has 2 aromatic rings. The maximum Gasteiger partial charge on any atom is 0.142 e. The number of benzene rings is 1. The van der Waals surface area contributed by atoms with E-state index in [9.17, 15) is 5.11 Å². The average molecular weight is 338 g/mol. The third-order valence-corrected chi connectivity index (χ3v) is 3.80. The molecule has 1 aromatic carbocycles. The van der Waals surface area contributed by atoms with Crippen molar-refractivity contribution in [1.29, 1.82) is 0 Å². The van der Waals surface area contributed by atoms with E-state index in [4.69, 9.17) is 9.47 Å². The summed E-state index contributed by atoms with van der Waals surface area (Å²) in [4.78, 5) is 3.97. The lowest BCUT2D eigenvalue weighted by Crippen LogP contribution is -2.05. The number of nitrogens with zero attached hydrogens (tertiary/aromatic N) is 1. The van der Waals surface area contributed by atoms with Gasteiger partial charge in [-0.15, -0.1) is 0 Å². The summed E-state index contributed by atoms with van der Waals surface area (Å²) in [6.07, 6.45) is 3.26. The fourth-order valence-corrected chi connectivity index (χ4v) is 2.72. The van der Waals surface area contributed by atoms with Crippen molar-refractivity contribution in [3.63, 3.8) is 0 Å². The van der Waals surface area contributed by atoms with E-state index in [0.29, 0.717) is 22.4 Å². The summed E-state index contributed by atoms with van der Waals surface area (Å²) < 4.78 is 11.3. The Labute approximate surface area is 126 Å². The van der Waals surface area contributed by atoms with E-state index in [2.05, 4.69) is 20.9 Å². The molecule has 106 valence electrons. The Bertz CT molecular complexity index is 575. The number of ether oxygens (including phenoxy) is 2. The standard InChI is InChI=1S/C15H16BrNO3/c1-19-13-4-3-11(15(20-2)14(13)16)12(18)9-10-5-7-17-8-6-10/h3-8,12,18H,9H2,1-2H3. The van der Waals surface area contributed by atoms with Crippen LogP contribution in [-0.4, -0.2) is 24.3 Å². The summed E-state index contributed by atoms with van der Waals surface area (Å²) in [6.45, 7) is 0. The van der Waals surface area contributed by atoms with Crippen molar-refractivity contribution in [1.82, 2.24) is 4.98 Å². The number of halogens is 1. The molecule has 0 saturated carbocycles. The highest BCUT2D eigenvalue weighted by atomic mass is 79.9. The zero-order chi connectivity index (χ0) is 14.5. The van der Waals surface area contributed by atoms with Gasteiger partial charge in [0.1, 0.15) is 16.0 Å². The minimum absolute atomic E-state index is 0.498. The molecule has 0 spiro atoms. The van der Waals surface area contributed by atoms with Gasteiger partial charge in [-0.3, -0.25) is 4.98 Å². The molecule has 0 aliphatic carbocycles. The van der Waals surface area contributed by atoms with E-state index in [1.54, 1.807) is 32.7 Å². The van der Waals surface area contributed by atoms with Crippen LogP contribution in [0.1, 0.15) is 17.2 Å². The molecule has 4 nitrogen and oxygen atoms in total. The van der Waals surface area contributed by atoms with Gasteiger partial charge in [-0.2, -0.15) is 0 Å². The van der Waals surface area contributed by atoms with E-state index in [0.717, 1.165) is 11.1 Å². The Morgan fingerprint density at radius 3 is 2.45 bits per heavy atom. The first-order chi connectivity index (χ1) is 9.67. The number of hydrogen-bond donors (Lipinski definition) is 1. The van der Waals surface area contributed by atoms with Crippen LogP contribution in [0.5, 0.6) is 11.5 Å². The van der Waals surface area contributed by atoms with Crippen molar-refractivity contribution in [2.24, 2.45) is 0 Å². The zero-order valence-corrected chi connectivity index (χ0v) is 12.9. The molecule has 0 radical (unpaired) electrons. The third kappa shape index (κ3) is 3.11. The van der Waals surface area contributed by atoms with Crippen LogP contribution >= 0.6 is 15.9 Å². The minimum Gasteiger partial charge on any atom is -0.495 e. The van der Waals surface area contributed by atoms with E-state index < -0.39 is 6.10 Å². The molecule has 0 bridgehead atoms. The lowest BCUT2D eigenvalue weighted by atomic mass is 10.0. The van der Waals surface area contributed by atoms with Gasteiger partial charge in [-0.1, -0.05) is 0 Å². The Morgan fingerprint density at radius 1 is 1.15 bits per heavy atom. The van der Waals surface area contributed by atoms with Crippen LogP contribution in [0.25, 0.3) is 0 Å². The Hall–Kier alpha value is -1.59. The van der Waals surface area contributed by atoms with Crippen LogP contribution in [-0.2, 0) is 6.42 Å². The molecule has 0 fully saturated rings. The smallest absolute Gasteiger partial charge is 0.142 e. The zero-order valence-electron chi connectivity index (χ0n) is 11.3. The van der Waals surface area contributed by atoms with Crippen LogP contribution in [0.2, 0.25) is 0 Å². The number of aliphatic hydroxyl groups is 1. The fourth-order valence-electron chi connectivity index (χ4n) is 2.03. The molecule has 0 amide bonds. The molecular weight excluding hydrogens is 322 g/mol. The first kappa shape index (κ1) is 14.8. The summed E-state index contributed by atoms with van der Waals surface area (Å²) in [5.41, 5.74) is 1.73. The highest BCUT2D eigenvalue weighted by Crippen LogP contribution is 2.40. The lowest BCUT2D eigenvalue weighted by molar-refractivity contribution is 0.173. The first-order valence-electron chi connectivity index (χ1n) is 6.14. The van der Waals surface area contributed by atoms with E-state index in [1.165, 1.54) is 0 Å². The van der Waals surface area contributed by atoms with Crippen molar-refractivity contribution in [2.45, 2.75) is 12.5 Å². The highest BCUT2D eigenvalue weighted by Gasteiger charge is 2.19. The molecule has 1 N–H and O–H groups in total. The number of methoxy groups -OCH3 is 2. The quantitative estimate of drug-likeness (QED) is 0.910. The average Bonchev–Trinajstić information content (AvgIpc) is 2.47. The first-order valence-corrected chi connectivity index (χ1v) is 6.94. The molecule has 0 aliphatic rings. The highest BCUT2D eigenvalue weighted by molar-refractivity contribution is 9.10. The van der Waals surface area contributed by atoms with Gasteiger partial charge in [0.25, 0.3) is 0 Å². The van der Waals surface area contributed by atoms with Gasteiger partial charge in [0, 0.05) is 24.4 Å². The molecule has 1 aromatic heterocycles. The molecule has 0 aliphatic heterocycles. The predicted molar refractivity (Wildman–Crippen MR) is 80.1 cm³/mol. The van der Waals surface area contributed by atoms with Crippen molar-refractivity contribution in [2.75, 3.05) is 14.2 Å². The van der Waals surface area contributed by atoms with Gasteiger partial charge in [0.05, 0.1) is 20.3 Å². The molecule has 0 saturated heterocycles. The predicted octanol–water partition coefficient (Wildman–Crippen LogP) is 3.14. The summed E-state index contributed by atoms with van der Waals surface area (Å²) in [5.74, 6) is 1.26. The number of rotatable bonds is 5. The molecule has 1 atom stereocenters. The molecule has 1 unspecified atom stereocenters. The Kier molecular flexibility index (Phi) is 4.98. The van der Waals surface area contributed by atoms with E-state index >= 15 is 0 Å². The molecular formula is C15H16BrNO3. The second-order valence-corrected chi connectivity index (χ2v) is 5.07. The number of hydrogen-bond acceptors (Lipinski definition) is 4. The van der Waals surface area contributed by atoms with Crippen LogP contribution in [0.15, 0.2) is 41.1 Å². The van der Waals surface area contributed by atoms with Gasteiger partial charge >= 0.3 is 0 Å². The van der Waals surface area contributed by atoms with E-state index in [1.807, 2.05) is 18.2 Å². The van der Waals surface area contributed by atoms with Crippen LogP contribution in [0, 0.1) is 0 Å². The minimum atomic E-state index is -0.658. The third-order valence-electron chi connectivity index (χ3n) is 3.05. The maximum absolute atomic E-state index is 10.4. The fraction of sp³-hybridized carbons (Fsp3) is 0.267. The van der Waals surface area contributed by atoms with Gasteiger partial charge < -0.3 is 14.6 Å². The van der Waals surface area contributed by atoms with Gasteiger partial charge in [-0.25, -0.2) is 0 Å². The monoisotopic (exact) mass is 337 g/mol. The molecule has 2 rings (SSSR count). The van der Waals surface area contributed by atoms with Crippen molar-refractivity contribution in [3.8, 4) is 11.5 Å². The largest absolute Gasteiger partial charge is 0.495 e. The molecule has 5 heteroatoms. The summed E-state index contributed by atoms with van der Waals surface area (Å²) in [6, 6.07) is 7.38.